The van der Waals surface area contributed by atoms with Gasteiger partial charge >= 0.3 is 0 Å². The standard InChI is InChI=1S/C21H24N5O4P/c1-12-21(2)16(30-31(3)4)15(28-12)20(29-21)26-11-24-14-17(22-10-23-18(14)26)25-19(27)13-8-6-5-7-9-13/h5-12,15-16,20H,1-4H3,(H,22,23,25,27)/t12-,15+,16-,20+,21-/m0/s1/i2D. The first-order valence-corrected chi connectivity index (χ1v) is 12.1. The summed E-state index contributed by atoms with van der Waals surface area (Å²) >= 11 is 0. The molecule has 0 aliphatic carbocycles. The Bertz CT molecular complexity index is 1150. The Kier molecular flexibility index (Phi) is 4.72. The summed E-state index contributed by atoms with van der Waals surface area (Å²) in [5.41, 5.74) is 0.620. The zero-order chi connectivity index (χ0) is 22.5. The Labute approximate surface area is 182 Å². The maximum Gasteiger partial charge on any atom is 0.256 e. The monoisotopic (exact) mass is 442 g/mol. The van der Waals surface area contributed by atoms with Gasteiger partial charge in [-0.2, -0.15) is 0 Å². The number of carbonyl (C=O) groups is 1. The van der Waals surface area contributed by atoms with Crippen molar-refractivity contribution in [2.75, 3.05) is 18.6 Å². The molecule has 2 aromatic heterocycles. The topological polar surface area (TPSA) is 100 Å². The normalized spacial score (nSPS) is 30.1. The van der Waals surface area contributed by atoms with Crippen LogP contribution in [0.25, 0.3) is 11.2 Å². The van der Waals surface area contributed by atoms with Crippen molar-refractivity contribution >= 4 is 31.0 Å². The molecule has 4 heterocycles. The van der Waals surface area contributed by atoms with Gasteiger partial charge in [-0.25, -0.2) is 15.0 Å². The highest BCUT2D eigenvalue weighted by molar-refractivity contribution is 7.50. The van der Waals surface area contributed by atoms with Crippen molar-refractivity contribution in [3.8, 4) is 0 Å². The van der Waals surface area contributed by atoms with Gasteiger partial charge in [-0.1, -0.05) is 18.2 Å². The number of ether oxygens (including phenoxy) is 2. The van der Waals surface area contributed by atoms with Crippen LogP contribution >= 0.6 is 8.15 Å². The Balaban J connectivity index is 1.47. The third kappa shape index (κ3) is 3.32. The van der Waals surface area contributed by atoms with Crippen LogP contribution in [0.5, 0.6) is 0 Å². The number of carbonyl (C=O) groups excluding carboxylic acids is 1. The van der Waals surface area contributed by atoms with Crippen LogP contribution in [0.2, 0.25) is 0 Å². The van der Waals surface area contributed by atoms with Gasteiger partial charge in [-0.15, -0.1) is 0 Å². The molecule has 1 N–H and O–H groups in total. The number of amides is 1. The van der Waals surface area contributed by atoms with Crippen LogP contribution in [0.15, 0.2) is 43.0 Å². The van der Waals surface area contributed by atoms with Gasteiger partial charge in [0.25, 0.3) is 5.91 Å². The van der Waals surface area contributed by atoms with E-state index in [1.54, 1.807) is 35.2 Å². The average molecular weight is 442 g/mol. The molecule has 5 rings (SSSR count). The highest BCUT2D eigenvalue weighted by Gasteiger charge is 2.64. The molecule has 162 valence electrons. The summed E-state index contributed by atoms with van der Waals surface area (Å²) in [6.45, 7) is 5.98. The molecule has 2 bridgehead atoms. The number of nitrogens with one attached hydrogen (secondary N) is 1. The molecule has 2 saturated heterocycles. The molecule has 5 atom stereocenters. The molecule has 3 aromatic rings. The van der Waals surface area contributed by atoms with E-state index in [2.05, 4.69) is 20.3 Å². The summed E-state index contributed by atoms with van der Waals surface area (Å²) in [5, 5.41) is 2.81. The number of aromatic nitrogens is 4. The molecule has 31 heavy (non-hydrogen) atoms. The maximum absolute atomic E-state index is 12.6. The Morgan fingerprint density at radius 2 is 2.10 bits per heavy atom. The molecule has 0 spiro atoms. The van der Waals surface area contributed by atoms with Crippen LogP contribution < -0.4 is 5.32 Å². The van der Waals surface area contributed by atoms with Gasteiger partial charge in [0.05, 0.1) is 12.4 Å². The number of rotatable bonds is 5. The maximum atomic E-state index is 12.6. The van der Waals surface area contributed by atoms with Gasteiger partial charge in [0, 0.05) is 15.1 Å². The zero-order valence-corrected chi connectivity index (χ0v) is 18.3. The molecule has 2 aliphatic heterocycles. The Morgan fingerprint density at radius 3 is 2.84 bits per heavy atom. The van der Waals surface area contributed by atoms with Crippen LogP contribution in [-0.2, 0) is 14.0 Å². The van der Waals surface area contributed by atoms with E-state index in [9.17, 15) is 4.79 Å². The number of fused-ring (bicyclic) bond motifs is 3. The highest BCUT2D eigenvalue weighted by atomic mass is 31.1. The number of hydrogen-bond donors (Lipinski definition) is 1. The highest BCUT2D eigenvalue weighted by Crippen LogP contribution is 2.53. The van der Waals surface area contributed by atoms with Gasteiger partial charge in [-0.3, -0.25) is 9.36 Å². The van der Waals surface area contributed by atoms with Gasteiger partial charge in [0.2, 0.25) is 0 Å². The van der Waals surface area contributed by atoms with Crippen molar-refractivity contribution in [1.29, 1.82) is 0 Å². The second kappa shape index (κ2) is 7.60. The smallest absolute Gasteiger partial charge is 0.256 e. The molecule has 0 unspecified atom stereocenters. The lowest BCUT2D eigenvalue weighted by Crippen LogP contribution is -2.43. The fraction of sp³-hybridized carbons (Fsp3) is 0.429. The largest absolute Gasteiger partial charge is 0.365 e. The molecule has 2 fully saturated rings. The van der Waals surface area contributed by atoms with E-state index in [1.807, 2.05) is 26.3 Å². The Morgan fingerprint density at radius 1 is 1.29 bits per heavy atom. The lowest BCUT2D eigenvalue weighted by molar-refractivity contribution is -0.197. The van der Waals surface area contributed by atoms with Crippen LogP contribution in [0, 0.1) is 0 Å². The number of nitrogens with zero attached hydrogens (tertiary/aromatic N) is 4. The summed E-state index contributed by atoms with van der Waals surface area (Å²) in [6, 6.07) is 8.90. The number of benzene rings is 1. The van der Waals surface area contributed by atoms with Crippen molar-refractivity contribution in [2.45, 2.75) is 44.0 Å². The van der Waals surface area contributed by atoms with E-state index in [4.69, 9.17) is 15.4 Å². The zero-order valence-electron chi connectivity index (χ0n) is 18.4. The summed E-state index contributed by atoms with van der Waals surface area (Å²) in [7, 11) is -0.671. The van der Waals surface area contributed by atoms with Gasteiger partial charge in [0.15, 0.2) is 23.2 Å². The molecule has 0 radical (unpaired) electrons. The second-order valence-electron chi connectivity index (χ2n) is 7.91. The fourth-order valence-corrected chi connectivity index (χ4v) is 4.85. The molecule has 9 nitrogen and oxygen atoms in total. The second-order valence-corrected chi connectivity index (χ2v) is 9.75. The van der Waals surface area contributed by atoms with Gasteiger partial charge in [-0.05, 0) is 39.3 Å². The predicted octanol–water partition coefficient (Wildman–Crippen LogP) is 3.20. The van der Waals surface area contributed by atoms with Crippen molar-refractivity contribution in [3.63, 3.8) is 0 Å². The molecule has 10 heteroatoms. The van der Waals surface area contributed by atoms with Gasteiger partial charge in [0.1, 0.15) is 24.1 Å². The first-order valence-electron chi connectivity index (χ1n) is 10.7. The molecular formula is C21H24N5O4P. The number of hydrogen-bond acceptors (Lipinski definition) is 7. The molecule has 2 aliphatic rings. The van der Waals surface area contributed by atoms with Crippen molar-refractivity contribution in [3.05, 3.63) is 48.5 Å². The quantitative estimate of drug-likeness (QED) is 0.606. The van der Waals surface area contributed by atoms with Crippen LogP contribution in [-0.4, -0.2) is 62.7 Å². The van der Waals surface area contributed by atoms with E-state index >= 15 is 0 Å². The lowest BCUT2D eigenvalue weighted by Gasteiger charge is -2.33. The van der Waals surface area contributed by atoms with E-state index in [0.29, 0.717) is 22.5 Å². The number of imidazole rings is 1. The van der Waals surface area contributed by atoms with E-state index in [1.165, 1.54) is 6.33 Å². The van der Waals surface area contributed by atoms with E-state index < -0.39 is 26.1 Å². The Hall–Kier alpha value is -2.45. The third-order valence-corrected chi connectivity index (χ3v) is 6.32. The minimum absolute atomic E-state index is 0.0228. The lowest BCUT2D eigenvalue weighted by atomic mass is 9.96. The third-order valence-electron chi connectivity index (χ3n) is 5.68. The first kappa shape index (κ1) is 19.3. The van der Waals surface area contributed by atoms with E-state index in [0.717, 1.165) is 0 Å². The summed E-state index contributed by atoms with van der Waals surface area (Å²) in [4.78, 5) is 25.6. The van der Waals surface area contributed by atoms with Gasteiger partial charge < -0.3 is 19.3 Å². The molecule has 1 aromatic carbocycles. The fourth-order valence-electron chi connectivity index (χ4n) is 4.09. The average Bonchev–Trinajstić information content (AvgIpc) is 3.42. The molecular weight excluding hydrogens is 417 g/mol. The predicted molar refractivity (Wildman–Crippen MR) is 116 cm³/mol. The summed E-state index contributed by atoms with van der Waals surface area (Å²) in [5.74, 6) is 0.0306. The van der Waals surface area contributed by atoms with Crippen molar-refractivity contribution in [1.82, 2.24) is 19.5 Å². The first-order chi connectivity index (χ1) is 15.4. The summed E-state index contributed by atoms with van der Waals surface area (Å²) < 4.78 is 28.7. The SMILES string of the molecule is [2H]C[C@]12O[C@@H](n3cnc4c(NC(=O)c5ccccc5)ncnc43)[C@H](O[C@H]1C)[C@@H]2OP(C)C. The van der Waals surface area contributed by atoms with E-state index in [-0.39, 0.29) is 25.0 Å². The van der Waals surface area contributed by atoms with Crippen molar-refractivity contribution in [2.24, 2.45) is 0 Å². The van der Waals surface area contributed by atoms with Crippen LogP contribution in [0.3, 0.4) is 0 Å². The van der Waals surface area contributed by atoms with Crippen molar-refractivity contribution < 1.29 is 20.2 Å². The molecule has 1 amide bonds. The minimum Gasteiger partial charge on any atom is -0.365 e. The minimum atomic E-state index is -0.851. The number of anilines is 1. The molecule has 0 saturated carbocycles. The van der Waals surface area contributed by atoms with Crippen LogP contribution in [0.4, 0.5) is 5.82 Å². The van der Waals surface area contributed by atoms with Crippen LogP contribution in [0.1, 0.15) is 31.8 Å². The summed E-state index contributed by atoms with van der Waals surface area (Å²) in [6.07, 6.45) is 1.43.